The molecule has 2 aromatic carbocycles. The Morgan fingerprint density at radius 3 is 2.62 bits per heavy atom. The predicted octanol–water partition coefficient (Wildman–Crippen LogP) is 3.85. The smallest absolute Gasteiger partial charge is 0.407 e. The number of carbonyl (C=O) groups excluding carboxylic acids is 2. The van der Waals surface area contributed by atoms with E-state index in [1.807, 2.05) is 30.3 Å². The Balaban J connectivity index is 1.88. The van der Waals surface area contributed by atoms with Crippen molar-refractivity contribution in [1.29, 1.82) is 0 Å². The zero-order valence-electron chi connectivity index (χ0n) is 15.6. The maximum atomic E-state index is 14.1. The van der Waals surface area contributed by atoms with Crippen LogP contribution in [0.5, 0.6) is 0 Å². The van der Waals surface area contributed by atoms with Crippen LogP contribution in [0.3, 0.4) is 0 Å². The molecule has 0 spiro atoms. The highest BCUT2D eigenvalue weighted by molar-refractivity contribution is 5.94. The SMILES string of the molecule is COC(=O)c1cc(F)c(C=CCCNC(=O)OCc2ccccc2)cc1[N+](=O)[O-]. The summed E-state index contributed by atoms with van der Waals surface area (Å²) in [6, 6.07) is 10.9. The fraction of sp³-hybridized carbons (Fsp3) is 0.200. The van der Waals surface area contributed by atoms with Crippen LogP contribution in [0.2, 0.25) is 0 Å². The normalized spacial score (nSPS) is 10.6. The summed E-state index contributed by atoms with van der Waals surface area (Å²) in [7, 11) is 1.05. The average Bonchev–Trinajstić information content (AvgIpc) is 2.72. The quantitative estimate of drug-likeness (QED) is 0.311. The van der Waals surface area contributed by atoms with E-state index in [4.69, 9.17) is 4.74 Å². The van der Waals surface area contributed by atoms with Gasteiger partial charge in [-0.2, -0.15) is 0 Å². The topological polar surface area (TPSA) is 108 Å². The molecule has 2 rings (SSSR count). The van der Waals surface area contributed by atoms with E-state index in [1.54, 1.807) is 0 Å². The first-order valence-electron chi connectivity index (χ1n) is 8.59. The highest BCUT2D eigenvalue weighted by Gasteiger charge is 2.23. The number of ether oxygens (including phenoxy) is 2. The fourth-order valence-electron chi connectivity index (χ4n) is 2.37. The Labute approximate surface area is 166 Å². The molecular weight excluding hydrogens is 383 g/mol. The van der Waals surface area contributed by atoms with Crippen molar-refractivity contribution in [2.24, 2.45) is 0 Å². The molecule has 0 atom stereocenters. The average molecular weight is 402 g/mol. The molecule has 0 fully saturated rings. The van der Waals surface area contributed by atoms with E-state index in [2.05, 4.69) is 10.1 Å². The van der Waals surface area contributed by atoms with Gasteiger partial charge in [-0.25, -0.2) is 14.0 Å². The lowest BCUT2D eigenvalue weighted by Gasteiger charge is -2.06. The Kier molecular flexibility index (Phi) is 7.84. The number of nitrogens with one attached hydrogen (secondary N) is 1. The molecule has 9 heteroatoms. The van der Waals surface area contributed by atoms with E-state index in [1.165, 1.54) is 12.2 Å². The molecule has 0 aliphatic carbocycles. The highest BCUT2D eigenvalue weighted by atomic mass is 19.1. The van der Waals surface area contributed by atoms with E-state index in [0.29, 0.717) is 6.42 Å². The van der Waals surface area contributed by atoms with Crippen molar-refractivity contribution in [2.75, 3.05) is 13.7 Å². The van der Waals surface area contributed by atoms with E-state index < -0.39 is 34.1 Å². The number of rotatable bonds is 8. The van der Waals surface area contributed by atoms with Crippen LogP contribution in [0.15, 0.2) is 48.5 Å². The monoisotopic (exact) mass is 402 g/mol. The first-order chi connectivity index (χ1) is 13.9. The summed E-state index contributed by atoms with van der Waals surface area (Å²) in [5, 5.41) is 13.7. The van der Waals surface area contributed by atoms with Gasteiger partial charge in [0.2, 0.25) is 0 Å². The number of amides is 1. The second-order valence-electron chi connectivity index (χ2n) is 5.82. The molecule has 0 aliphatic heterocycles. The van der Waals surface area contributed by atoms with Gasteiger partial charge in [-0.3, -0.25) is 10.1 Å². The summed E-state index contributed by atoms with van der Waals surface area (Å²) in [5.41, 5.74) is -0.221. The third-order valence-corrected chi connectivity index (χ3v) is 3.81. The zero-order valence-corrected chi connectivity index (χ0v) is 15.6. The number of nitro benzene ring substituents is 1. The number of hydrogen-bond acceptors (Lipinski definition) is 6. The molecule has 0 aliphatic rings. The number of nitro groups is 1. The molecule has 0 saturated carbocycles. The predicted molar refractivity (Wildman–Crippen MR) is 103 cm³/mol. The van der Waals surface area contributed by atoms with Crippen LogP contribution in [0.4, 0.5) is 14.9 Å². The van der Waals surface area contributed by atoms with Crippen molar-refractivity contribution in [3.05, 3.63) is 81.2 Å². The molecule has 0 bridgehead atoms. The molecule has 0 unspecified atom stereocenters. The van der Waals surface area contributed by atoms with Crippen molar-refractivity contribution in [3.8, 4) is 0 Å². The van der Waals surface area contributed by atoms with Crippen molar-refractivity contribution in [1.82, 2.24) is 5.32 Å². The maximum absolute atomic E-state index is 14.1. The number of benzene rings is 2. The van der Waals surface area contributed by atoms with Gasteiger partial charge in [-0.15, -0.1) is 0 Å². The Morgan fingerprint density at radius 1 is 1.24 bits per heavy atom. The Hall–Kier alpha value is -3.75. The van der Waals surface area contributed by atoms with Gasteiger partial charge in [-0.05, 0) is 18.1 Å². The molecular formula is C20H19FN2O6. The van der Waals surface area contributed by atoms with Gasteiger partial charge < -0.3 is 14.8 Å². The molecule has 29 heavy (non-hydrogen) atoms. The molecule has 0 heterocycles. The van der Waals surface area contributed by atoms with E-state index in [9.17, 15) is 24.1 Å². The third-order valence-electron chi connectivity index (χ3n) is 3.81. The second-order valence-corrected chi connectivity index (χ2v) is 5.82. The van der Waals surface area contributed by atoms with Gasteiger partial charge in [0.15, 0.2) is 0 Å². The lowest BCUT2D eigenvalue weighted by Crippen LogP contribution is -2.24. The molecule has 0 saturated heterocycles. The van der Waals surface area contributed by atoms with Crippen LogP contribution in [0.25, 0.3) is 6.08 Å². The van der Waals surface area contributed by atoms with Crippen LogP contribution in [0, 0.1) is 15.9 Å². The maximum Gasteiger partial charge on any atom is 0.407 e. The molecule has 0 aromatic heterocycles. The minimum Gasteiger partial charge on any atom is -0.465 e. The van der Waals surface area contributed by atoms with Crippen LogP contribution in [-0.4, -0.2) is 30.6 Å². The number of halogens is 1. The number of alkyl carbamates (subject to hydrolysis) is 1. The van der Waals surface area contributed by atoms with Gasteiger partial charge in [0.1, 0.15) is 18.0 Å². The summed E-state index contributed by atoms with van der Waals surface area (Å²) in [5.74, 6) is -1.80. The molecule has 2 aromatic rings. The molecule has 0 radical (unpaired) electrons. The number of hydrogen-bond donors (Lipinski definition) is 1. The third kappa shape index (κ3) is 6.42. The van der Waals surface area contributed by atoms with Gasteiger partial charge in [0.25, 0.3) is 5.69 Å². The zero-order chi connectivity index (χ0) is 21.2. The number of esters is 1. The molecule has 1 N–H and O–H groups in total. The van der Waals surface area contributed by atoms with Gasteiger partial charge in [-0.1, -0.05) is 42.5 Å². The second kappa shape index (κ2) is 10.5. The number of methoxy groups -OCH3 is 1. The Bertz CT molecular complexity index is 915. The Morgan fingerprint density at radius 2 is 1.97 bits per heavy atom. The molecule has 1 amide bonds. The molecule has 152 valence electrons. The standard InChI is InChI=1S/C20H19FN2O6/c1-28-19(24)16-12-17(21)15(11-18(16)23(26)27)9-5-6-10-22-20(25)29-13-14-7-3-2-4-8-14/h2-5,7-9,11-12H,6,10,13H2,1H3,(H,22,25). The van der Waals surface area contributed by atoms with Gasteiger partial charge in [0.05, 0.1) is 12.0 Å². The van der Waals surface area contributed by atoms with Crippen molar-refractivity contribution < 1.29 is 28.4 Å². The van der Waals surface area contributed by atoms with E-state index >= 15 is 0 Å². The minimum absolute atomic E-state index is 0.0593. The van der Waals surface area contributed by atoms with Crippen LogP contribution in [-0.2, 0) is 16.1 Å². The van der Waals surface area contributed by atoms with E-state index in [-0.39, 0.29) is 18.7 Å². The van der Waals surface area contributed by atoms with Gasteiger partial charge >= 0.3 is 12.1 Å². The number of nitrogens with zero attached hydrogens (tertiary/aromatic N) is 1. The van der Waals surface area contributed by atoms with Gasteiger partial charge in [0, 0.05) is 18.2 Å². The van der Waals surface area contributed by atoms with E-state index in [0.717, 1.165) is 24.8 Å². The minimum atomic E-state index is -0.996. The number of carbonyl (C=O) groups is 2. The summed E-state index contributed by atoms with van der Waals surface area (Å²) in [6.07, 6.45) is 2.62. The first kappa shape index (κ1) is 21.5. The van der Waals surface area contributed by atoms with Crippen LogP contribution >= 0.6 is 0 Å². The van der Waals surface area contributed by atoms with Crippen molar-refractivity contribution in [2.45, 2.75) is 13.0 Å². The largest absolute Gasteiger partial charge is 0.465 e. The highest BCUT2D eigenvalue weighted by Crippen LogP contribution is 2.24. The summed E-state index contributed by atoms with van der Waals surface area (Å²) in [4.78, 5) is 33.5. The summed E-state index contributed by atoms with van der Waals surface area (Å²) >= 11 is 0. The summed E-state index contributed by atoms with van der Waals surface area (Å²) < 4.78 is 23.6. The fourth-order valence-corrected chi connectivity index (χ4v) is 2.37. The first-order valence-corrected chi connectivity index (χ1v) is 8.59. The summed E-state index contributed by atoms with van der Waals surface area (Å²) in [6.45, 7) is 0.373. The lowest BCUT2D eigenvalue weighted by molar-refractivity contribution is -0.385. The van der Waals surface area contributed by atoms with Crippen molar-refractivity contribution >= 4 is 23.8 Å². The lowest BCUT2D eigenvalue weighted by atomic mass is 10.1. The van der Waals surface area contributed by atoms with Crippen LogP contribution < -0.4 is 5.32 Å². The van der Waals surface area contributed by atoms with Crippen LogP contribution in [0.1, 0.15) is 27.9 Å². The molecule has 8 nitrogen and oxygen atoms in total. The van der Waals surface area contributed by atoms with Crippen molar-refractivity contribution in [3.63, 3.8) is 0 Å².